The highest BCUT2D eigenvalue weighted by molar-refractivity contribution is 7.48. The summed E-state index contributed by atoms with van der Waals surface area (Å²) >= 11 is 0. The van der Waals surface area contributed by atoms with Gasteiger partial charge in [0.2, 0.25) is 5.88 Å². The van der Waals surface area contributed by atoms with Crippen LogP contribution in [0.5, 0.6) is 5.88 Å². The summed E-state index contributed by atoms with van der Waals surface area (Å²) in [5.41, 5.74) is 1.19. The van der Waals surface area contributed by atoms with Crippen molar-refractivity contribution < 1.29 is 23.5 Å². The monoisotopic (exact) mass is 381 g/mol. The molecule has 1 unspecified atom stereocenters. The number of non-ortho nitro benzene ring substituents is 1. The minimum atomic E-state index is -4.20. The Hall–Kier alpha value is -2.09. The van der Waals surface area contributed by atoms with Crippen LogP contribution >= 0.6 is 7.82 Å². The maximum absolute atomic E-state index is 11.9. The number of fused-ring (bicyclic) bond motifs is 3. The number of nitro groups is 1. The van der Waals surface area contributed by atoms with E-state index in [-0.39, 0.29) is 17.5 Å². The van der Waals surface area contributed by atoms with Gasteiger partial charge in [0.1, 0.15) is 0 Å². The Morgan fingerprint density at radius 3 is 2.65 bits per heavy atom. The van der Waals surface area contributed by atoms with Crippen molar-refractivity contribution in [3.8, 4) is 5.88 Å². The maximum Gasteiger partial charge on any atom is 0.605 e. The normalized spacial score (nSPS) is 23.8. The largest absolute Gasteiger partial charge is 0.605 e. The van der Waals surface area contributed by atoms with Crippen LogP contribution < -0.4 is 9.15 Å². The number of hydrogen-bond donors (Lipinski definition) is 1. The number of nitro benzene ring substituents is 1. The summed E-state index contributed by atoms with van der Waals surface area (Å²) < 4.78 is 23.4. The molecule has 1 aromatic carbocycles. The molecular weight excluding hydrogens is 361 g/mol. The SMILES string of the molecule is CC(C)N1CCC(c2c3n(c4ccc([N+](=O)[O-])cc24)OP(=O)(O)O3)CC1. The molecule has 140 valence electrons. The van der Waals surface area contributed by atoms with E-state index in [9.17, 15) is 19.6 Å². The fourth-order valence-corrected chi connectivity index (χ4v) is 4.65. The predicted molar refractivity (Wildman–Crippen MR) is 94.3 cm³/mol. The van der Waals surface area contributed by atoms with Crippen LogP contribution in [0.3, 0.4) is 0 Å². The Morgan fingerprint density at radius 1 is 1.35 bits per heavy atom. The minimum absolute atomic E-state index is 0.0326. The van der Waals surface area contributed by atoms with Gasteiger partial charge in [0.15, 0.2) is 0 Å². The fourth-order valence-electron chi connectivity index (χ4n) is 3.86. The second-order valence-corrected chi connectivity index (χ2v) is 8.30. The molecule has 4 rings (SSSR count). The van der Waals surface area contributed by atoms with Crippen molar-refractivity contribution in [2.24, 2.45) is 0 Å². The Kier molecular flexibility index (Phi) is 3.98. The van der Waals surface area contributed by atoms with Crippen LogP contribution in [0.1, 0.15) is 38.2 Å². The molecule has 0 radical (unpaired) electrons. The first-order valence-corrected chi connectivity index (χ1v) is 10.1. The number of piperidine rings is 1. The van der Waals surface area contributed by atoms with Crippen molar-refractivity contribution in [1.29, 1.82) is 0 Å². The Bertz CT molecular complexity index is 932. The van der Waals surface area contributed by atoms with E-state index >= 15 is 0 Å². The van der Waals surface area contributed by atoms with Gasteiger partial charge in [-0.25, -0.2) is 4.57 Å². The molecule has 2 aromatic rings. The molecule has 2 aliphatic rings. The van der Waals surface area contributed by atoms with Gasteiger partial charge >= 0.3 is 7.82 Å². The van der Waals surface area contributed by atoms with Gasteiger partial charge in [-0.1, -0.05) is 0 Å². The van der Waals surface area contributed by atoms with E-state index in [1.165, 1.54) is 22.9 Å². The average Bonchev–Trinajstić information content (AvgIpc) is 3.04. The van der Waals surface area contributed by atoms with Gasteiger partial charge in [-0.2, -0.15) is 0 Å². The van der Waals surface area contributed by atoms with Crippen LogP contribution in [-0.2, 0) is 4.57 Å². The smallest absolute Gasteiger partial charge is 0.374 e. The van der Waals surface area contributed by atoms with Gasteiger partial charge in [0.25, 0.3) is 5.69 Å². The van der Waals surface area contributed by atoms with Gasteiger partial charge in [-0.15, -0.1) is 4.73 Å². The number of rotatable bonds is 3. The molecule has 0 bridgehead atoms. The van der Waals surface area contributed by atoms with Crippen molar-refractivity contribution in [1.82, 2.24) is 9.63 Å². The van der Waals surface area contributed by atoms with Gasteiger partial charge in [0, 0.05) is 29.1 Å². The summed E-state index contributed by atoms with van der Waals surface area (Å²) in [7, 11) is -4.20. The molecule has 1 aromatic heterocycles. The molecule has 1 saturated heterocycles. The van der Waals surface area contributed by atoms with E-state index in [2.05, 4.69) is 18.7 Å². The summed E-state index contributed by atoms with van der Waals surface area (Å²) in [4.78, 5) is 22.8. The number of aromatic nitrogens is 1. The van der Waals surface area contributed by atoms with Gasteiger partial charge in [-0.3, -0.25) is 19.6 Å². The molecule has 0 spiro atoms. The van der Waals surface area contributed by atoms with Crippen molar-refractivity contribution in [2.45, 2.75) is 38.6 Å². The summed E-state index contributed by atoms with van der Waals surface area (Å²) in [5, 5.41) is 11.8. The van der Waals surface area contributed by atoms with Crippen LogP contribution in [0.2, 0.25) is 0 Å². The Morgan fingerprint density at radius 2 is 2.04 bits per heavy atom. The molecule has 1 atom stereocenters. The molecule has 3 heterocycles. The Labute approximate surface area is 149 Å². The van der Waals surface area contributed by atoms with Gasteiger partial charge < -0.3 is 9.42 Å². The van der Waals surface area contributed by atoms with Gasteiger partial charge in [-0.05, 0) is 51.8 Å². The lowest BCUT2D eigenvalue weighted by molar-refractivity contribution is -0.384. The number of phosphoric ester groups is 1. The highest BCUT2D eigenvalue weighted by Crippen LogP contribution is 2.54. The first kappa shape index (κ1) is 17.3. The quantitative estimate of drug-likeness (QED) is 0.495. The van der Waals surface area contributed by atoms with Crippen LogP contribution in [0.15, 0.2) is 18.2 Å². The summed E-state index contributed by atoms with van der Waals surface area (Å²) in [5.74, 6) is 0.266. The van der Waals surface area contributed by atoms with E-state index in [1.54, 1.807) is 0 Å². The molecule has 1 N–H and O–H groups in total. The molecule has 0 amide bonds. The minimum Gasteiger partial charge on any atom is -0.374 e. The average molecular weight is 381 g/mol. The molecule has 2 aliphatic heterocycles. The van der Waals surface area contributed by atoms with Crippen LogP contribution in [0.4, 0.5) is 5.69 Å². The lowest BCUT2D eigenvalue weighted by Gasteiger charge is -2.34. The molecule has 9 nitrogen and oxygen atoms in total. The highest BCUT2D eigenvalue weighted by Gasteiger charge is 2.42. The van der Waals surface area contributed by atoms with Crippen LogP contribution in [-0.4, -0.2) is 38.6 Å². The zero-order chi connectivity index (χ0) is 18.6. The zero-order valence-corrected chi connectivity index (χ0v) is 15.4. The number of hydrogen-bond acceptors (Lipinski definition) is 6. The molecule has 10 heteroatoms. The number of phosphoric acid groups is 1. The van der Waals surface area contributed by atoms with Crippen molar-refractivity contribution in [3.05, 3.63) is 33.9 Å². The van der Waals surface area contributed by atoms with E-state index < -0.39 is 12.7 Å². The number of likely N-dealkylation sites (tertiary alicyclic amines) is 1. The van der Waals surface area contributed by atoms with E-state index in [1.807, 2.05) is 0 Å². The molecular formula is C16H20N3O6P. The van der Waals surface area contributed by atoms with Crippen LogP contribution in [0.25, 0.3) is 10.9 Å². The first-order chi connectivity index (χ1) is 12.3. The second kappa shape index (κ2) is 5.97. The zero-order valence-electron chi connectivity index (χ0n) is 14.5. The van der Waals surface area contributed by atoms with Crippen molar-refractivity contribution in [3.63, 3.8) is 0 Å². The molecule has 26 heavy (non-hydrogen) atoms. The standard InChI is InChI=1S/C16H20N3O6P/c1-10(2)17-7-5-11(6-8-17)15-13-9-12(19(20)21)3-4-14(13)18-16(15)24-26(22,23)25-18/h3-4,9-11H,5-8H2,1-2H3,(H,22,23). The van der Waals surface area contributed by atoms with E-state index in [0.717, 1.165) is 31.5 Å². The lowest BCUT2D eigenvalue weighted by Crippen LogP contribution is -2.37. The van der Waals surface area contributed by atoms with Gasteiger partial charge in [0.05, 0.1) is 10.4 Å². The summed E-state index contributed by atoms with van der Waals surface area (Å²) in [6, 6.07) is 4.81. The van der Waals surface area contributed by atoms with Crippen LogP contribution in [0, 0.1) is 10.1 Å². The first-order valence-electron chi connectivity index (χ1n) is 8.56. The third kappa shape index (κ3) is 2.76. The Balaban J connectivity index is 1.81. The molecule has 0 saturated carbocycles. The number of benzene rings is 1. The molecule has 0 aliphatic carbocycles. The topological polar surface area (TPSA) is 107 Å². The van der Waals surface area contributed by atoms with E-state index in [4.69, 9.17) is 9.15 Å². The lowest BCUT2D eigenvalue weighted by atomic mass is 9.88. The fraction of sp³-hybridized carbons (Fsp3) is 0.500. The molecule has 1 fully saturated rings. The second-order valence-electron chi connectivity index (χ2n) is 7.02. The summed E-state index contributed by atoms with van der Waals surface area (Å²) in [6.45, 7) is 6.07. The third-order valence-electron chi connectivity index (χ3n) is 5.17. The van der Waals surface area contributed by atoms with Crippen molar-refractivity contribution >= 4 is 24.4 Å². The predicted octanol–water partition coefficient (Wildman–Crippen LogP) is 3.06. The van der Waals surface area contributed by atoms with Crippen molar-refractivity contribution in [2.75, 3.05) is 13.1 Å². The highest BCUT2D eigenvalue weighted by atomic mass is 31.2. The maximum atomic E-state index is 11.9. The third-order valence-corrected chi connectivity index (χ3v) is 5.94. The number of nitrogens with zero attached hydrogens (tertiary/aromatic N) is 3. The van der Waals surface area contributed by atoms with E-state index in [0.29, 0.717) is 16.9 Å². The summed E-state index contributed by atoms with van der Waals surface area (Å²) in [6.07, 6.45) is 1.68.